The maximum Gasteiger partial charge on any atom is -0.00191 e. The van der Waals surface area contributed by atoms with Crippen molar-refractivity contribution in [3.63, 3.8) is 0 Å². The SMILES string of the molecule is CN1CCC(CCCS)CC1. The summed E-state index contributed by atoms with van der Waals surface area (Å²) in [4.78, 5) is 2.43. The normalized spacial score (nSPS) is 22.4. The Hall–Kier alpha value is 0.310. The number of thiol groups is 1. The average molecular weight is 173 g/mol. The van der Waals surface area contributed by atoms with E-state index in [1.807, 2.05) is 0 Å². The molecular formula is C9H19NS. The zero-order valence-electron chi connectivity index (χ0n) is 7.42. The van der Waals surface area contributed by atoms with E-state index >= 15 is 0 Å². The second kappa shape index (κ2) is 5.04. The molecular weight excluding hydrogens is 154 g/mol. The first-order valence-corrected chi connectivity index (χ1v) is 5.25. The Balaban J connectivity index is 2.07. The van der Waals surface area contributed by atoms with Crippen LogP contribution in [0.4, 0.5) is 0 Å². The molecule has 0 radical (unpaired) electrons. The van der Waals surface area contributed by atoms with Crippen LogP contribution in [0.1, 0.15) is 25.7 Å². The second-order valence-electron chi connectivity index (χ2n) is 3.61. The van der Waals surface area contributed by atoms with Crippen molar-refractivity contribution in [1.29, 1.82) is 0 Å². The number of piperidine rings is 1. The summed E-state index contributed by atoms with van der Waals surface area (Å²) in [7, 11) is 2.22. The topological polar surface area (TPSA) is 3.24 Å². The van der Waals surface area contributed by atoms with Crippen LogP contribution in [0, 0.1) is 5.92 Å². The Morgan fingerprint density at radius 3 is 2.55 bits per heavy atom. The molecule has 0 atom stereocenters. The molecule has 0 saturated carbocycles. The van der Waals surface area contributed by atoms with Crippen LogP contribution < -0.4 is 0 Å². The van der Waals surface area contributed by atoms with Gasteiger partial charge in [-0.2, -0.15) is 12.6 Å². The largest absolute Gasteiger partial charge is 0.306 e. The van der Waals surface area contributed by atoms with E-state index in [0.29, 0.717) is 0 Å². The number of hydrogen-bond donors (Lipinski definition) is 1. The molecule has 0 bridgehead atoms. The third-order valence-corrected chi connectivity index (χ3v) is 2.92. The van der Waals surface area contributed by atoms with E-state index in [0.717, 1.165) is 11.7 Å². The molecule has 0 unspecified atom stereocenters. The highest BCUT2D eigenvalue weighted by molar-refractivity contribution is 7.80. The van der Waals surface area contributed by atoms with E-state index in [1.165, 1.54) is 38.8 Å². The second-order valence-corrected chi connectivity index (χ2v) is 4.06. The first kappa shape index (κ1) is 9.40. The highest BCUT2D eigenvalue weighted by Gasteiger charge is 2.15. The van der Waals surface area contributed by atoms with E-state index < -0.39 is 0 Å². The number of rotatable bonds is 3. The summed E-state index contributed by atoms with van der Waals surface area (Å²) in [5, 5.41) is 0. The Kier molecular flexibility index (Phi) is 4.31. The minimum Gasteiger partial charge on any atom is -0.306 e. The monoisotopic (exact) mass is 173 g/mol. The van der Waals surface area contributed by atoms with Gasteiger partial charge < -0.3 is 4.90 Å². The van der Waals surface area contributed by atoms with Crippen molar-refractivity contribution in [2.45, 2.75) is 25.7 Å². The minimum atomic E-state index is 0.998. The molecule has 0 spiro atoms. The molecule has 1 fully saturated rings. The average Bonchev–Trinajstić information content (AvgIpc) is 2.04. The molecule has 2 heteroatoms. The van der Waals surface area contributed by atoms with Crippen molar-refractivity contribution < 1.29 is 0 Å². The summed E-state index contributed by atoms with van der Waals surface area (Å²) in [5.41, 5.74) is 0. The van der Waals surface area contributed by atoms with Crippen molar-refractivity contribution in [1.82, 2.24) is 4.90 Å². The molecule has 0 aliphatic carbocycles. The summed E-state index contributed by atoms with van der Waals surface area (Å²) in [5.74, 6) is 2.06. The fraction of sp³-hybridized carbons (Fsp3) is 1.00. The third-order valence-electron chi connectivity index (χ3n) is 2.61. The molecule has 1 nitrogen and oxygen atoms in total. The molecule has 0 N–H and O–H groups in total. The van der Waals surface area contributed by atoms with E-state index in [2.05, 4.69) is 24.6 Å². The van der Waals surface area contributed by atoms with Crippen LogP contribution >= 0.6 is 12.6 Å². The van der Waals surface area contributed by atoms with Gasteiger partial charge in [0.25, 0.3) is 0 Å². The van der Waals surface area contributed by atoms with Crippen LogP contribution in [0.25, 0.3) is 0 Å². The van der Waals surface area contributed by atoms with Crippen molar-refractivity contribution >= 4 is 12.6 Å². The summed E-state index contributed by atoms with van der Waals surface area (Å²) < 4.78 is 0. The fourth-order valence-electron chi connectivity index (χ4n) is 1.73. The van der Waals surface area contributed by atoms with Crippen molar-refractivity contribution in [3.8, 4) is 0 Å². The van der Waals surface area contributed by atoms with E-state index in [9.17, 15) is 0 Å². The van der Waals surface area contributed by atoms with Crippen molar-refractivity contribution in [2.24, 2.45) is 5.92 Å². The molecule has 1 aliphatic rings. The van der Waals surface area contributed by atoms with Crippen LogP contribution in [-0.4, -0.2) is 30.8 Å². The molecule has 0 aromatic rings. The molecule has 66 valence electrons. The van der Waals surface area contributed by atoms with Gasteiger partial charge in [-0.1, -0.05) is 0 Å². The predicted molar refractivity (Wildman–Crippen MR) is 53.3 cm³/mol. The van der Waals surface area contributed by atoms with Gasteiger partial charge in [0.15, 0.2) is 0 Å². The molecule has 1 aliphatic heterocycles. The van der Waals surface area contributed by atoms with Gasteiger partial charge in [-0.25, -0.2) is 0 Å². The minimum absolute atomic E-state index is 0.998. The lowest BCUT2D eigenvalue weighted by Gasteiger charge is -2.28. The Morgan fingerprint density at radius 2 is 2.00 bits per heavy atom. The Bertz CT molecular complexity index is 95.0. The van der Waals surface area contributed by atoms with Gasteiger partial charge in [0.2, 0.25) is 0 Å². The number of nitrogens with zero attached hydrogens (tertiary/aromatic N) is 1. The van der Waals surface area contributed by atoms with Crippen molar-refractivity contribution in [2.75, 3.05) is 25.9 Å². The molecule has 0 aromatic heterocycles. The standard InChI is InChI=1S/C9H19NS/c1-10-6-4-9(5-7-10)3-2-8-11/h9,11H,2-8H2,1H3. The van der Waals surface area contributed by atoms with Gasteiger partial charge in [-0.05, 0) is 57.5 Å². The molecule has 0 aromatic carbocycles. The van der Waals surface area contributed by atoms with Gasteiger partial charge in [-0.3, -0.25) is 0 Å². The molecule has 1 rings (SSSR count). The highest BCUT2D eigenvalue weighted by atomic mass is 32.1. The number of likely N-dealkylation sites (tertiary alicyclic amines) is 1. The lowest BCUT2D eigenvalue weighted by molar-refractivity contribution is 0.212. The van der Waals surface area contributed by atoms with E-state index in [-0.39, 0.29) is 0 Å². The summed E-state index contributed by atoms with van der Waals surface area (Å²) in [6.07, 6.45) is 5.52. The first-order valence-electron chi connectivity index (χ1n) is 4.62. The predicted octanol–water partition coefficient (Wildman–Crippen LogP) is 2.04. The molecule has 11 heavy (non-hydrogen) atoms. The highest BCUT2D eigenvalue weighted by Crippen LogP contribution is 2.20. The number of hydrogen-bond acceptors (Lipinski definition) is 2. The smallest absolute Gasteiger partial charge is 0.00191 e. The van der Waals surface area contributed by atoms with Crippen LogP contribution in [0.2, 0.25) is 0 Å². The maximum atomic E-state index is 4.23. The van der Waals surface area contributed by atoms with Gasteiger partial charge in [0.05, 0.1) is 0 Å². The summed E-state index contributed by atoms with van der Waals surface area (Å²) in [6.45, 7) is 2.61. The third kappa shape index (κ3) is 3.48. The first-order chi connectivity index (χ1) is 5.33. The molecule has 1 saturated heterocycles. The lowest BCUT2D eigenvalue weighted by Crippen LogP contribution is -2.30. The fourth-order valence-corrected chi connectivity index (χ4v) is 1.91. The lowest BCUT2D eigenvalue weighted by atomic mass is 9.93. The van der Waals surface area contributed by atoms with Crippen LogP contribution in [0.3, 0.4) is 0 Å². The van der Waals surface area contributed by atoms with Crippen LogP contribution in [-0.2, 0) is 0 Å². The Labute approximate surface area is 75.6 Å². The van der Waals surface area contributed by atoms with Gasteiger partial charge >= 0.3 is 0 Å². The zero-order chi connectivity index (χ0) is 8.10. The van der Waals surface area contributed by atoms with Crippen LogP contribution in [0.5, 0.6) is 0 Å². The summed E-state index contributed by atoms with van der Waals surface area (Å²) >= 11 is 4.23. The van der Waals surface area contributed by atoms with Gasteiger partial charge in [0.1, 0.15) is 0 Å². The molecule has 1 heterocycles. The summed E-state index contributed by atoms with van der Waals surface area (Å²) in [6, 6.07) is 0. The van der Waals surface area contributed by atoms with Gasteiger partial charge in [0, 0.05) is 0 Å². The molecule has 0 amide bonds. The quantitative estimate of drug-likeness (QED) is 0.639. The van der Waals surface area contributed by atoms with Crippen molar-refractivity contribution in [3.05, 3.63) is 0 Å². The van der Waals surface area contributed by atoms with E-state index in [4.69, 9.17) is 0 Å². The van der Waals surface area contributed by atoms with Crippen LogP contribution in [0.15, 0.2) is 0 Å². The Morgan fingerprint density at radius 1 is 1.36 bits per heavy atom. The van der Waals surface area contributed by atoms with Gasteiger partial charge in [-0.15, -0.1) is 0 Å². The zero-order valence-corrected chi connectivity index (χ0v) is 8.32. The maximum absolute atomic E-state index is 4.23. The van der Waals surface area contributed by atoms with E-state index in [1.54, 1.807) is 0 Å².